The van der Waals surface area contributed by atoms with E-state index < -0.39 is 0 Å². The van der Waals surface area contributed by atoms with Crippen LogP contribution in [0.25, 0.3) is 0 Å². The van der Waals surface area contributed by atoms with Gasteiger partial charge in [0.15, 0.2) is 0 Å². The first-order valence-electron chi connectivity index (χ1n) is 8.33. The molecule has 0 amide bonds. The van der Waals surface area contributed by atoms with Crippen LogP contribution in [0.4, 0.5) is 0 Å². The van der Waals surface area contributed by atoms with Crippen molar-refractivity contribution in [1.82, 2.24) is 10.0 Å². The van der Waals surface area contributed by atoms with E-state index in [1.54, 1.807) is 0 Å². The van der Waals surface area contributed by atoms with Crippen LogP contribution >= 0.6 is 0 Å². The highest BCUT2D eigenvalue weighted by atomic mass is 16.1. The summed E-state index contributed by atoms with van der Waals surface area (Å²) >= 11 is 0. The monoisotopic (exact) mass is 308 g/mol. The Bertz CT molecular complexity index is 417. The maximum atomic E-state index is 12.2. The maximum absolute atomic E-state index is 12.2. The normalized spacial score (nSPS) is 31.3. The number of hydrogen-bond donors (Lipinski definition) is 0. The molecule has 0 unspecified atom stereocenters. The van der Waals surface area contributed by atoms with E-state index in [0.29, 0.717) is 37.2 Å². The summed E-state index contributed by atoms with van der Waals surface area (Å²) < 4.78 is 0. The highest BCUT2D eigenvalue weighted by Gasteiger charge is 2.56. The van der Waals surface area contributed by atoms with Crippen molar-refractivity contribution in [2.24, 2.45) is 0 Å². The van der Waals surface area contributed by atoms with Gasteiger partial charge in [0.05, 0.1) is 0 Å². The Hall–Kier alpha value is -0.740. The van der Waals surface area contributed by atoms with Crippen LogP contribution in [0.3, 0.4) is 0 Å². The molecular formula is C18H32N2O2. The second-order valence-electron chi connectivity index (χ2n) is 9.66. The van der Waals surface area contributed by atoms with E-state index in [-0.39, 0.29) is 22.2 Å². The predicted octanol–water partition coefficient (Wildman–Crippen LogP) is 3.35. The zero-order valence-electron chi connectivity index (χ0n) is 15.5. The molecule has 0 saturated carbocycles. The van der Waals surface area contributed by atoms with Crippen LogP contribution in [-0.2, 0) is 9.59 Å². The molecule has 2 saturated heterocycles. The van der Waals surface area contributed by atoms with Crippen molar-refractivity contribution < 1.29 is 9.59 Å². The molecule has 2 rings (SSSR count). The van der Waals surface area contributed by atoms with Crippen LogP contribution < -0.4 is 0 Å². The van der Waals surface area contributed by atoms with Crippen molar-refractivity contribution >= 4 is 11.6 Å². The lowest BCUT2D eigenvalue weighted by molar-refractivity contribution is -0.263. The number of hydrogen-bond acceptors (Lipinski definition) is 4. The fraction of sp³-hybridized carbons (Fsp3) is 0.889. The van der Waals surface area contributed by atoms with Gasteiger partial charge in [0.25, 0.3) is 0 Å². The molecule has 2 aliphatic rings. The van der Waals surface area contributed by atoms with Crippen LogP contribution in [0.2, 0.25) is 0 Å². The summed E-state index contributed by atoms with van der Waals surface area (Å²) in [6, 6.07) is 0. The van der Waals surface area contributed by atoms with Crippen molar-refractivity contribution in [3.05, 3.63) is 0 Å². The lowest BCUT2D eigenvalue weighted by atomic mass is 9.76. The molecule has 0 aliphatic carbocycles. The summed E-state index contributed by atoms with van der Waals surface area (Å²) in [5.74, 6) is 0.657. The van der Waals surface area contributed by atoms with Crippen molar-refractivity contribution in [3.63, 3.8) is 0 Å². The standard InChI is InChI=1S/C18H32N2O2/c1-15(2)9-13(21)10-16(3,4)19(15)20-17(5,6)11-14(22)12-18(20,7)8/h9-12H2,1-8H3. The number of hydrazine groups is 1. The number of ketones is 2. The SMILES string of the molecule is CC1(C)CC(=O)CC(C)(C)N1N1C(C)(C)CC(=O)CC1(C)C. The number of carbonyl (C=O) groups excluding carboxylic acids is 2. The fourth-order valence-electron chi connectivity index (χ4n) is 5.08. The maximum Gasteiger partial charge on any atom is 0.136 e. The van der Waals surface area contributed by atoms with Crippen LogP contribution in [0, 0.1) is 0 Å². The fourth-order valence-corrected chi connectivity index (χ4v) is 5.08. The van der Waals surface area contributed by atoms with Gasteiger partial charge in [-0.3, -0.25) is 9.59 Å². The van der Waals surface area contributed by atoms with Crippen molar-refractivity contribution in [2.45, 2.75) is 103 Å². The van der Waals surface area contributed by atoms with Gasteiger partial charge in [-0.25, -0.2) is 10.0 Å². The van der Waals surface area contributed by atoms with Crippen molar-refractivity contribution in [1.29, 1.82) is 0 Å². The molecule has 4 nitrogen and oxygen atoms in total. The Balaban J connectivity index is 2.54. The molecular weight excluding hydrogens is 276 g/mol. The molecule has 0 N–H and O–H groups in total. The van der Waals surface area contributed by atoms with Crippen LogP contribution in [-0.4, -0.2) is 43.7 Å². The minimum absolute atomic E-state index is 0.242. The zero-order chi connectivity index (χ0) is 17.1. The Kier molecular flexibility index (Phi) is 3.90. The van der Waals surface area contributed by atoms with Crippen LogP contribution in [0.5, 0.6) is 0 Å². The Labute approximate surface area is 135 Å². The molecule has 0 aromatic rings. The average Bonchev–Trinajstić information content (AvgIpc) is 2.16. The molecule has 2 fully saturated rings. The number of Topliss-reactive ketones (excluding diaryl/α,β-unsaturated/α-hetero) is 2. The topological polar surface area (TPSA) is 40.6 Å². The third-order valence-electron chi connectivity index (χ3n) is 5.01. The van der Waals surface area contributed by atoms with Crippen molar-refractivity contribution in [3.8, 4) is 0 Å². The molecule has 0 spiro atoms. The van der Waals surface area contributed by atoms with Gasteiger partial charge in [-0.2, -0.15) is 0 Å². The number of nitrogens with zero attached hydrogens (tertiary/aromatic N) is 2. The highest BCUT2D eigenvalue weighted by Crippen LogP contribution is 2.47. The third-order valence-corrected chi connectivity index (χ3v) is 5.01. The van der Waals surface area contributed by atoms with E-state index in [0.717, 1.165) is 0 Å². The summed E-state index contributed by atoms with van der Waals surface area (Å²) in [5, 5.41) is 4.82. The number of rotatable bonds is 1. The average molecular weight is 308 g/mol. The summed E-state index contributed by atoms with van der Waals surface area (Å²) in [7, 11) is 0. The molecule has 4 heteroatoms. The van der Waals surface area contributed by atoms with Crippen molar-refractivity contribution in [2.75, 3.05) is 0 Å². The first kappa shape index (κ1) is 17.6. The lowest BCUT2D eigenvalue weighted by Gasteiger charge is -2.65. The van der Waals surface area contributed by atoms with Gasteiger partial charge < -0.3 is 0 Å². The summed E-state index contributed by atoms with van der Waals surface area (Å²) in [5.41, 5.74) is -0.969. The van der Waals surface area contributed by atoms with E-state index in [1.807, 2.05) is 0 Å². The smallest absolute Gasteiger partial charge is 0.136 e. The van der Waals surface area contributed by atoms with Gasteiger partial charge in [0.1, 0.15) is 11.6 Å². The van der Waals surface area contributed by atoms with Crippen LogP contribution in [0.15, 0.2) is 0 Å². The lowest BCUT2D eigenvalue weighted by Crippen LogP contribution is -2.76. The van der Waals surface area contributed by atoms with Gasteiger partial charge in [-0.1, -0.05) is 0 Å². The quantitative estimate of drug-likeness (QED) is 0.745. The van der Waals surface area contributed by atoms with Gasteiger partial charge in [0.2, 0.25) is 0 Å². The van der Waals surface area contributed by atoms with E-state index in [4.69, 9.17) is 0 Å². The molecule has 126 valence electrons. The number of piperidine rings is 2. The molecule has 22 heavy (non-hydrogen) atoms. The Morgan fingerprint density at radius 3 is 0.909 bits per heavy atom. The molecule has 2 heterocycles. The third kappa shape index (κ3) is 2.88. The van der Waals surface area contributed by atoms with E-state index in [2.05, 4.69) is 65.4 Å². The van der Waals surface area contributed by atoms with E-state index >= 15 is 0 Å². The van der Waals surface area contributed by atoms with Crippen LogP contribution in [0.1, 0.15) is 81.1 Å². The first-order chi connectivity index (χ1) is 9.69. The molecule has 0 atom stereocenters. The second-order valence-corrected chi connectivity index (χ2v) is 9.66. The molecule has 0 radical (unpaired) electrons. The molecule has 0 aromatic heterocycles. The molecule has 2 aliphatic heterocycles. The predicted molar refractivity (Wildman–Crippen MR) is 88.5 cm³/mol. The second kappa shape index (κ2) is 4.88. The summed E-state index contributed by atoms with van der Waals surface area (Å²) in [6.07, 6.45) is 2.25. The van der Waals surface area contributed by atoms with Gasteiger partial charge in [-0.05, 0) is 55.4 Å². The largest absolute Gasteiger partial charge is 0.300 e. The number of carbonyl (C=O) groups is 2. The summed E-state index contributed by atoms with van der Waals surface area (Å²) in [6.45, 7) is 17.2. The van der Waals surface area contributed by atoms with Gasteiger partial charge >= 0.3 is 0 Å². The van der Waals surface area contributed by atoms with Gasteiger partial charge in [0, 0.05) is 47.8 Å². The minimum Gasteiger partial charge on any atom is -0.300 e. The minimum atomic E-state index is -0.242. The molecule has 0 aromatic carbocycles. The van der Waals surface area contributed by atoms with E-state index in [1.165, 1.54) is 0 Å². The van der Waals surface area contributed by atoms with E-state index in [9.17, 15) is 9.59 Å². The van der Waals surface area contributed by atoms with Gasteiger partial charge in [-0.15, -0.1) is 0 Å². The highest BCUT2D eigenvalue weighted by molar-refractivity contribution is 5.82. The molecule has 0 bridgehead atoms. The summed E-state index contributed by atoms with van der Waals surface area (Å²) in [4.78, 5) is 24.4. The first-order valence-corrected chi connectivity index (χ1v) is 8.33. The Morgan fingerprint density at radius 2 is 0.727 bits per heavy atom. The zero-order valence-corrected chi connectivity index (χ0v) is 15.5. The Morgan fingerprint density at radius 1 is 0.545 bits per heavy atom.